The number of aliphatic hydroxyl groups excluding tert-OH is 2. The first-order chi connectivity index (χ1) is 4.70. The van der Waals surface area contributed by atoms with Crippen molar-refractivity contribution >= 4 is 0 Å². The van der Waals surface area contributed by atoms with Crippen LogP contribution in [0.25, 0.3) is 0 Å². The minimum absolute atomic E-state index is 0.173. The highest BCUT2D eigenvalue weighted by Crippen LogP contribution is 2.16. The van der Waals surface area contributed by atoms with Crippen molar-refractivity contribution < 1.29 is 10.2 Å². The predicted molar refractivity (Wildman–Crippen MR) is 38.5 cm³/mol. The Labute approximate surface area is 60.9 Å². The molecular weight excluding hydrogens is 130 g/mol. The molecule has 0 saturated heterocycles. The number of hydrogen-bond donors (Lipinski definition) is 3. The molecule has 0 amide bonds. The Kier molecular flexibility index (Phi) is 2.65. The molecule has 0 radical (unpaired) electrons. The minimum atomic E-state index is -0.548. The van der Waals surface area contributed by atoms with Gasteiger partial charge < -0.3 is 15.9 Å². The molecule has 0 spiro atoms. The average molecular weight is 145 g/mol. The van der Waals surface area contributed by atoms with E-state index in [0.717, 1.165) is 12.8 Å². The zero-order chi connectivity index (χ0) is 7.56. The Balaban J connectivity index is 2.38. The van der Waals surface area contributed by atoms with Crippen LogP contribution in [0, 0.1) is 0 Å². The lowest BCUT2D eigenvalue weighted by Crippen LogP contribution is -2.23. The molecular formula is C7H15NO2. The Bertz CT molecular complexity index is 95.8. The quantitative estimate of drug-likeness (QED) is 0.407. The second-order valence-electron chi connectivity index (χ2n) is 3.05. The van der Waals surface area contributed by atoms with Gasteiger partial charge in [0.25, 0.3) is 0 Å². The first kappa shape index (κ1) is 7.98. The highest BCUT2D eigenvalue weighted by Gasteiger charge is 2.21. The monoisotopic (exact) mass is 145 g/mol. The molecule has 0 aliphatic heterocycles. The highest BCUT2D eigenvalue weighted by atomic mass is 16.3. The van der Waals surface area contributed by atoms with Gasteiger partial charge in [-0.3, -0.25) is 0 Å². The first-order valence-corrected chi connectivity index (χ1v) is 3.82. The van der Waals surface area contributed by atoms with Gasteiger partial charge >= 0.3 is 0 Å². The molecule has 3 heteroatoms. The number of nitrogens with two attached hydrogens (primary N) is 1. The largest absolute Gasteiger partial charge is 0.390 e. The molecule has 1 aliphatic rings. The molecule has 1 aliphatic carbocycles. The van der Waals surface area contributed by atoms with Crippen LogP contribution in [0.15, 0.2) is 0 Å². The fourth-order valence-corrected chi connectivity index (χ4v) is 1.30. The Morgan fingerprint density at radius 1 is 0.900 bits per heavy atom. The summed E-state index contributed by atoms with van der Waals surface area (Å²) >= 11 is 0. The third-order valence-corrected chi connectivity index (χ3v) is 2.11. The molecule has 4 N–H and O–H groups in total. The summed E-state index contributed by atoms with van der Waals surface area (Å²) in [6.45, 7) is 0. The molecule has 60 valence electrons. The van der Waals surface area contributed by atoms with Crippen LogP contribution in [0.3, 0.4) is 0 Å². The van der Waals surface area contributed by atoms with Crippen LogP contribution in [-0.2, 0) is 0 Å². The van der Waals surface area contributed by atoms with Gasteiger partial charge in [-0.25, -0.2) is 0 Å². The number of rotatable bonds is 0. The van der Waals surface area contributed by atoms with Crippen LogP contribution in [0.4, 0.5) is 0 Å². The first-order valence-electron chi connectivity index (χ1n) is 3.82. The summed E-state index contributed by atoms with van der Waals surface area (Å²) in [4.78, 5) is 0. The van der Waals surface area contributed by atoms with Gasteiger partial charge in [-0.2, -0.15) is 0 Å². The van der Waals surface area contributed by atoms with E-state index in [1.165, 1.54) is 0 Å². The molecule has 0 heterocycles. The van der Waals surface area contributed by atoms with Crippen molar-refractivity contribution in [2.45, 2.75) is 43.9 Å². The van der Waals surface area contributed by atoms with Crippen LogP contribution < -0.4 is 5.73 Å². The van der Waals surface area contributed by atoms with Gasteiger partial charge in [-0.05, 0) is 25.7 Å². The average Bonchev–Trinajstić information content (AvgIpc) is 2.04. The Morgan fingerprint density at radius 3 is 1.70 bits per heavy atom. The van der Waals surface area contributed by atoms with Crippen molar-refractivity contribution in [2.75, 3.05) is 0 Å². The summed E-state index contributed by atoms with van der Waals surface area (Å²) in [5, 5.41) is 18.3. The molecule has 2 unspecified atom stereocenters. The topological polar surface area (TPSA) is 66.5 Å². The van der Waals surface area contributed by atoms with Gasteiger partial charge in [0, 0.05) is 6.04 Å². The van der Waals surface area contributed by atoms with E-state index in [0.29, 0.717) is 12.8 Å². The maximum absolute atomic E-state index is 9.17. The third-order valence-electron chi connectivity index (χ3n) is 2.11. The fraction of sp³-hybridized carbons (Fsp3) is 1.00. The molecule has 0 bridgehead atoms. The predicted octanol–water partition coefficient (Wildman–Crippen LogP) is -0.391. The van der Waals surface area contributed by atoms with Crippen molar-refractivity contribution in [1.82, 2.24) is 0 Å². The van der Waals surface area contributed by atoms with E-state index in [-0.39, 0.29) is 6.04 Å². The van der Waals surface area contributed by atoms with Crippen LogP contribution >= 0.6 is 0 Å². The van der Waals surface area contributed by atoms with E-state index in [1.807, 2.05) is 0 Å². The summed E-state index contributed by atoms with van der Waals surface area (Å²) in [5.74, 6) is 0. The minimum Gasteiger partial charge on any atom is -0.390 e. The van der Waals surface area contributed by atoms with Crippen LogP contribution in [-0.4, -0.2) is 28.5 Å². The molecule has 2 atom stereocenters. The molecule has 0 aromatic rings. The van der Waals surface area contributed by atoms with E-state index in [4.69, 9.17) is 15.9 Å². The van der Waals surface area contributed by atoms with E-state index < -0.39 is 12.2 Å². The Morgan fingerprint density at radius 2 is 1.30 bits per heavy atom. The summed E-state index contributed by atoms with van der Waals surface area (Å²) in [6.07, 6.45) is 1.85. The summed E-state index contributed by atoms with van der Waals surface area (Å²) in [6, 6.07) is 0.173. The van der Waals surface area contributed by atoms with Crippen LogP contribution in [0.1, 0.15) is 25.7 Å². The van der Waals surface area contributed by atoms with E-state index in [9.17, 15) is 0 Å². The molecule has 1 rings (SSSR count). The van der Waals surface area contributed by atoms with Gasteiger partial charge in [-0.15, -0.1) is 0 Å². The smallest absolute Gasteiger partial charge is 0.0799 e. The van der Waals surface area contributed by atoms with E-state index >= 15 is 0 Å². The molecule has 10 heavy (non-hydrogen) atoms. The van der Waals surface area contributed by atoms with Crippen LogP contribution in [0.2, 0.25) is 0 Å². The van der Waals surface area contributed by atoms with Gasteiger partial charge in [0.15, 0.2) is 0 Å². The lowest BCUT2D eigenvalue weighted by atomic mass is 10.1. The lowest BCUT2D eigenvalue weighted by molar-refractivity contribution is 0.0157. The zero-order valence-corrected chi connectivity index (χ0v) is 6.03. The maximum Gasteiger partial charge on any atom is 0.0799 e. The standard InChI is InChI=1S/C7H15NO2/c8-5-1-3-6(9)7(10)4-2-5/h5-7,9-10H,1-4,8H2. The summed E-state index contributed by atoms with van der Waals surface area (Å²) in [7, 11) is 0. The van der Waals surface area contributed by atoms with Crippen molar-refractivity contribution in [3.05, 3.63) is 0 Å². The second-order valence-corrected chi connectivity index (χ2v) is 3.05. The molecule has 3 nitrogen and oxygen atoms in total. The van der Waals surface area contributed by atoms with Crippen molar-refractivity contribution in [3.63, 3.8) is 0 Å². The van der Waals surface area contributed by atoms with Gasteiger partial charge in [0.1, 0.15) is 0 Å². The van der Waals surface area contributed by atoms with Gasteiger partial charge in [-0.1, -0.05) is 0 Å². The van der Waals surface area contributed by atoms with E-state index in [1.54, 1.807) is 0 Å². The molecule has 0 aromatic carbocycles. The van der Waals surface area contributed by atoms with Crippen LogP contribution in [0.5, 0.6) is 0 Å². The Hall–Kier alpha value is -0.120. The van der Waals surface area contributed by atoms with Crippen molar-refractivity contribution in [1.29, 1.82) is 0 Å². The van der Waals surface area contributed by atoms with Gasteiger partial charge in [0.2, 0.25) is 0 Å². The maximum atomic E-state index is 9.17. The number of hydrogen-bond acceptors (Lipinski definition) is 3. The molecule has 1 saturated carbocycles. The lowest BCUT2D eigenvalue weighted by Gasteiger charge is -2.12. The van der Waals surface area contributed by atoms with Crippen molar-refractivity contribution in [2.24, 2.45) is 5.73 Å². The number of aliphatic hydroxyl groups is 2. The zero-order valence-electron chi connectivity index (χ0n) is 6.03. The van der Waals surface area contributed by atoms with E-state index in [2.05, 4.69) is 0 Å². The van der Waals surface area contributed by atoms with Crippen molar-refractivity contribution in [3.8, 4) is 0 Å². The highest BCUT2D eigenvalue weighted by molar-refractivity contribution is 4.77. The molecule has 0 aromatic heterocycles. The SMILES string of the molecule is NC1CCC(O)C(O)CC1. The fourth-order valence-electron chi connectivity index (χ4n) is 1.30. The second kappa shape index (κ2) is 3.32. The normalized spacial score (nSPS) is 42.9. The van der Waals surface area contributed by atoms with Gasteiger partial charge in [0.05, 0.1) is 12.2 Å². The summed E-state index contributed by atoms with van der Waals surface area (Å²) in [5.41, 5.74) is 5.64. The molecule has 1 fully saturated rings. The third kappa shape index (κ3) is 1.94. The summed E-state index contributed by atoms with van der Waals surface area (Å²) < 4.78 is 0.